The maximum Gasteiger partial charge on any atom is 0.164 e. The minimum atomic E-state index is 0.623. The van der Waals surface area contributed by atoms with Crippen LogP contribution in [0.3, 0.4) is 0 Å². The SMILES string of the molecule is c1ccc(-c2ccc(-c3nc(-c4ccccc4)nc(-c4cccc(-c5cccc(-c6nc7c8ccccc8ccc7c7ccccc67)c5)c4)n3)cc2)cc1.c1ccc(-c2ccc(-c3nc(-c4ccccc4)nc(-c4cccc(-c5cccc(-c6nc7ccccc7c7ccc8ccccc8c67)c5)c4)n3)cc2)cc1. The van der Waals surface area contributed by atoms with E-state index in [9.17, 15) is 0 Å². The Morgan fingerprint density at radius 2 is 0.444 bits per heavy atom. The van der Waals surface area contributed by atoms with Crippen LogP contribution in [0.4, 0.5) is 0 Å². The van der Waals surface area contributed by atoms with Gasteiger partial charge < -0.3 is 0 Å². The first-order valence-electron chi connectivity index (χ1n) is 36.3. The normalized spacial score (nSPS) is 11.3. The Morgan fingerprint density at radius 3 is 0.926 bits per heavy atom. The molecule has 0 atom stereocenters. The average Bonchev–Trinajstić information content (AvgIpc) is 0.747. The zero-order valence-electron chi connectivity index (χ0n) is 58.5. The average molecular weight is 1380 g/mol. The Bertz CT molecular complexity index is 6760. The van der Waals surface area contributed by atoms with Gasteiger partial charge in [0.05, 0.1) is 22.4 Å². The van der Waals surface area contributed by atoms with Gasteiger partial charge in [0.25, 0.3) is 0 Å². The zero-order valence-corrected chi connectivity index (χ0v) is 58.5. The van der Waals surface area contributed by atoms with Gasteiger partial charge in [-0.25, -0.2) is 39.9 Å². The van der Waals surface area contributed by atoms with Gasteiger partial charge in [-0.1, -0.05) is 358 Å². The second-order valence-electron chi connectivity index (χ2n) is 26.9. The van der Waals surface area contributed by atoms with E-state index in [1.54, 1.807) is 0 Å². The summed E-state index contributed by atoms with van der Waals surface area (Å²) in [5.74, 6) is 3.78. The zero-order chi connectivity index (χ0) is 71.7. The number of hydrogen-bond acceptors (Lipinski definition) is 8. The number of rotatable bonds is 12. The fourth-order valence-electron chi connectivity index (χ4n) is 14.8. The van der Waals surface area contributed by atoms with Crippen molar-refractivity contribution in [2.75, 3.05) is 0 Å². The highest BCUT2D eigenvalue weighted by Gasteiger charge is 2.20. The lowest BCUT2D eigenvalue weighted by Gasteiger charge is -2.14. The summed E-state index contributed by atoms with van der Waals surface area (Å²) in [5.41, 5.74) is 20.6. The van der Waals surface area contributed by atoms with Gasteiger partial charge in [0.2, 0.25) is 0 Å². The van der Waals surface area contributed by atoms with Crippen LogP contribution in [0.15, 0.2) is 388 Å². The van der Waals surface area contributed by atoms with Crippen LogP contribution in [0, 0.1) is 0 Å². The van der Waals surface area contributed by atoms with Crippen molar-refractivity contribution in [1.82, 2.24) is 39.9 Å². The van der Waals surface area contributed by atoms with E-state index in [4.69, 9.17) is 39.9 Å². The fraction of sp³-hybridized carbons (Fsp3) is 0. The molecule has 0 saturated heterocycles. The van der Waals surface area contributed by atoms with Crippen LogP contribution in [-0.2, 0) is 0 Å². The lowest BCUT2D eigenvalue weighted by Crippen LogP contribution is -2.00. The number of para-hydroxylation sites is 1. The second kappa shape index (κ2) is 28.2. The summed E-state index contributed by atoms with van der Waals surface area (Å²) in [5, 5.41) is 11.8. The predicted molar refractivity (Wildman–Crippen MR) is 446 cm³/mol. The van der Waals surface area contributed by atoms with Crippen molar-refractivity contribution in [1.29, 1.82) is 0 Å². The number of fused-ring (bicyclic) bond motifs is 10. The summed E-state index contributed by atoms with van der Waals surface area (Å²) in [6.07, 6.45) is 0. The molecule has 0 spiro atoms. The van der Waals surface area contributed by atoms with Crippen molar-refractivity contribution >= 4 is 64.9 Å². The quantitative estimate of drug-likeness (QED) is 0.111. The molecule has 20 rings (SSSR count). The standard InChI is InChI=1S/2C50H32N4/c1-3-13-33(14-4-1)34-25-27-37(28-26-34)49-52-48(36-16-5-2-6-17-36)53-50(54-49)41-21-12-19-39(32-41)38-18-11-20-40(31-38)47-46-42-22-8-7-15-35(42)29-30-44(46)43-23-9-10-24-45(43)51-47;1-3-13-33(14-4-1)34-25-27-37(28-26-34)49-52-48(36-16-5-2-6-17-36)53-50(54-49)41-21-12-19-39(32-41)38-18-11-20-40(31-38)46-44-24-10-9-23-43(44)45-30-29-35-15-7-8-22-42(35)47(45)51-46/h2*1-32H. The van der Waals surface area contributed by atoms with E-state index in [-0.39, 0.29) is 0 Å². The van der Waals surface area contributed by atoms with E-state index in [0.29, 0.717) is 34.9 Å². The van der Waals surface area contributed by atoms with Crippen molar-refractivity contribution in [3.05, 3.63) is 388 Å². The molecule has 0 fully saturated rings. The molecule has 0 aliphatic heterocycles. The maximum atomic E-state index is 5.37. The van der Waals surface area contributed by atoms with Gasteiger partial charge in [-0.05, 0) is 102 Å². The number of aromatic nitrogens is 8. The minimum Gasteiger partial charge on any atom is -0.247 e. The topological polar surface area (TPSA) is 103 Å². The van der Waals surface area contributed by atoms with Crippen LogP contribution < -0.4 is 0 Å². The predicted octanol–water partition coefficient (Wildman–Crippen LogP) is 25.5. The van der Waals surface area contributed by atoms with Gasteiger partial charge in [-0.15, -0.1) is 0 Å². The van der Waals surface area contributed by atoms with Crippen molar-refractivity contribution in [2.45, 2.75) is 0 Å². The van der Waals surface area contributed by atoms with E-state index in [1.807, 2.05) is 72.8 Å². The molecule has 504 valence electrons. The summed E-state index contributed by atoms with van der Waals surface area (Å²) in [4.78, 5) is 40.8. The monoisotopic (exact) mass is 1380 g/mol. The van der Waals surface area contributed by atoms with Crippen molar-refractivity contribution in [3.8, 4) is 135 Å². The van der Waals surface area contributed by atoms with E-state index >= 15 is 0 Å². The Balaban J connectivity index is 0.000000147. The number of benzene rings is 16. The Morgan fingerprint density at radius 1 is 0.139 bits per heavy atom. The van der Waals surface area contributed by atoms with Crippen molar-refractivity contribution in [3.63, 3.8) is 0 Å². The number of pyridine rings is 2. The first-order valence-corrected chi connectivity index (χ1v) is 36.3. The van der Waals surface area contributed by atoms with Crippen LogP contribution in [0.2, 0.25) is 0 Å². The molecule has 0 saturated carbocycles. The molecule has 0 aliphatic carbocycles. The van der Waals surface area contributed by atoms with Gasteiger partial charge in [0.1, 0.15) is 0 Å². The van der Waals surface area contributed by atoms with Gasteiger partial charge in [-0.3, -0.25) is 0 Å². The first kappa shape index (κ1) is 64.3. The summed E-state index contributed by atoms with van der Waals surface area (Å²) in [6.45, 7) is 0. The van der Waals surface area contributed by atoms with Crippen LogP contribution in [-0.4, -0.2) is 39.9 Å². The van der Waals surface area contributed by atoms with Crippen LogP contribution in [0.5, 0.6) is 0 Å². The summed E-state index contributed by atoms with van der Waals surface area (Å²) in [6, 6.07) is 135. The van der Waals surface area contributed by atoms with E-state index in [1.165, 1.54) is 43.4 Å². The largest absolute Gasteiger partial charge is 0.247 e. The smallest absolute Gasteiger partial charge is 0.164 e. The number of nitrogens with zero attached hydrogens (tertiary/aromatic N) is 8. The second-order valence-corrected chi connectivity index (χ2v) is 26.9. The Kier molecular flexibility index (Phi) is 16.8. The molecule has 0 unspecified atom stereocenters. The number of hydrogen-bond donors (Lipinski definition) is 0. The molecule has 4 aromatic heterocycles. The molecule has 16 aromatic carbocycles. The Labute approximate surface area is 624 Å². The van der Waals surface area contributed by atoms with E-state index in [2.05, 4.69) is 315 Å². The minimum absolute atomic E-state index is 0.623. The van der Waals surface area contributed by atoms with Crippen LogP contribution in [0.25, 0.3) is 200 Å². The molecule has 0 N–H and O–H groups in total. The molecule has 108 heavy (non-hydrogen) atoms. The lowest BCUT2D eigenvalue weighted by atomic mass is 9.93. The van der Waals surface area contributed by atoms with Crippen molar-refractivity contribution < 1.29 is 0 Å². The summed E-state index contributed by atoms with van der Waals surface area (Å²) in [7, 11) is 0. The summed E-state index contributed by atoms with van der Waals surface area (Å²) < 4.78 is 0. The third-order valence-electron chi connectivity index (χ3n) is 20.2. The molecule has 4 heterocycles. The molecular formula is C100H64N8. The third-order valence-corrected chi connectivity index (χ3v) is 20.2. The molecule has 0 radical (unpaired) electrons. The van der Waals surface area contributed by atoms with E-state index < -0.39 is 0 Å². The first-order chi connectivity index (χ1) is 53.5. The van der Waals surface area contributed by atoms with Crippen molar-refractivity contribution in [2.24, 2.45) is 0 Å². The van der Waals surface area contributed by atoms with Gasteiger partial charge in [0, 0.05) is 71.4 Å². The van der Waals surface area contributed by atoms with Gasteiger partial charge in [0.15, 0.2) is 34.9 Å². The molecule has 0 amide bonds. The maximum absolute atomic E-state index is 5.37. The Hall–Kier alpha value is -14.6. The molecule has 8 nitrogen and oxygen atoms in total. The highest BCUT2D eigenvalue weighted by molar-refractivity contribution is 6.21. The lowest BCUT2D eigenvalue weighted by molar-refractivity contribution is 1.07. The molecular weight excluding hydrogens is 1310 g/mol. The van der Waals surface area contributed by atoms with Crippen LogP contribution >= 0.6 is 0 Å². The van der Waals surface area contributed by atoms with Gasteiger partial charge >= 0.3 is 0 Å². The summed E-state index contributed by atoms with van der Waals surface area (Å²) >= 11 is 0. The molecule has 0 bridgehead atoms. The third kappa shape index (κ3) is 12.6. The molecule has 20 aromatic rings. The molecule has 0 aliphatic rings. The fourth-order valence-corrected chi connectivity index (χ4v) is 14.8. The van der Waals surface area contributed by atoms with Crippen LogP contribution in [0.1, 0.15) is 0 Å². The molecule has 8 heteroatoms. The highest BCUT2D eigenvalue weighted by atomic mass is 15.0. The van der Waals surface area contributed by atoms with E-state index in [0.717, 1.165) is 122 Å². The van der Waals surface area contributed by atoms with Gasteiger partial charge in [-0.2, -0.15) is 0 Å². The highest BCUT2D eigenvalue weighted by Crippen LogP contribution is 2.42.